The van der Waals surface area contributed by atoms with Gasteiger partial charge in [-0.25, -0.2) is 0 Å². The summed E-state index contributed by atoms with van der Waals surface area (Å²) in [6.45, 7) is 13.0. The molecule has 37 heavy (non-hydrogen) atoms. The average Bonchev–Trinajstić information content (AvgIpc) is 3.09. The quantitative estimate of drug-likeness (QED) is 0.444. The number of carbonyl (C=O) groups is 3. The van der Waals surface area contributed by atoms with Gasteiger partial charge in [-0.15, -0.1) is 0 Å². The van der Waals surface area contributed by atoms with Crippen LogP contribution in [-0.4, -0.2) is 42.2 Å². The highest BCUT2D eigenvalue weighted by Gasteiger charge is 2.64. The SMILES string of the molecule is CC(=O)O[C@H]1CC[C@@]2(C)[C@@H](CC[C@@H]3[C@@H]2CC[C@]2(C)[C@@H]([C@H](C)C4=NC[C@@H](C)CC4=O)[C@H](OC(C)=O)C[C@@H]32)C1. The van der Waals surface area contributed by atoms with Crippen molar-refractivity contribution in [3.63, 3.8) is 0 Å². The molecule has 0 aromatic carbocycles. The molecule has 0 aromatic rings. The van der Waals surface area contributed by atoms with E-state index < -0.39 is 0 Å². The highest BCUT2D eigenvalue weighted by molar-refractivity contribution is 6.41. The largest absolute Gasteiger partial charge is 0.463 e. The summed E-state index contributed by atoms with van der Waals surface area (Å²) in [5, 5.41) is 0. The minimum Gasteiger partial charge on any atom is -0.463 e. The van der Waals surface area contributed by atoms with Crippen LogP contribution >= 0.6 is 0 Å². The zero-order chi connectivity index (χ0) is 26.7. The van der Waals surface area contributed by atoms with E-state index in [0.29, 0.717) is 36.0 Å². The Hall–Kier alpha value is -1.72. The monoisotopic (exact) mass is 513 g/mol. The van der Waals surface area contributed by atoms with Gasteiger partial charge in [-0.05, 0) is 91.8 Å². The van der Waals surface area contributed by atoms with Crippen molar-refractivity contribution in [3.05, 3.63) is 0 Å². The Labute approximate surface area is 222 Å². The molecular formula is C31H47NO5. The van der Waals surface area contributed by atoms with Crippen molar-refractivity contribution < 1.29 is 23.9 Å². The molecule has 0 N–H and O–H groups in total. The molecule has 0 bridgehead atoms. The molecule has 1 heterocycles. The first kappa shape index (κ1) is 26.9. The van der Waals surface area contributed by atoms with Gasteiger partial charge >= 0.3 is 11.9 Å². The Morgan fingerprint density at radius 1 is 0.946 bits per heavy atom. The molecule has 4 fully saturated rings. The van der Waals surface area contributed by atoms with E-state index in [1.165, 1.54) is 33.1 Å². The molecule has 0 spiro atoms. The summed E-state index contributed by atoms with van der Waals surface area (Å²) in [6.07, 6.45) is 9.17. The fourth-order valence-electron chi connectivity index (χ4n) is 10.2. The lowest BCUT2D eigenvalue weighted by atomic mass is 9.44. The molecule has 4 aliphatic carbocycles. The predicted molar refractivity (Wildman–Crippen MR) is 142 cm³/mol. The molecule has 1 aliphatic heterocycles. The first-order valence-electron chi connectivity index (χ1n) is 14.9. The van der Waals surface area contributed by atoms with Crippen LogP contribution in [0.5, 0.6) is 0 Å². The molecule has 4 saturated carbocycles. The highest BCUT2D eigenvalue weighted by Crippen LogP contribution is 2.68. The lowest BCUT2D eigenvalue weighted by molar-refractivity contribution is -0.160. The number of carbonyl (C=O) groups excluding carboxylic acids is 3. The summed E-state index contributed by atoms with van der Waals surface area (Å²) in [6, 6.07) is 0. The molecule has 0 amide bonds. The van der Waals surface area contributed by atoms with Crippen molar-refractivity contribution in [2.75, 3.05) is 6.54 Å². The molecule has 5 aliphatic rings. The van der Waals surface area contributed by atoms with Crippen LogP contribution in [-0.2, 0) is 23.9 Å². The summed E-state index contributed by atoms with van der Waals surface area (Å²) < 4.78 is 11.7. The van der Waals surface area contributed by atoms with Crippen molar-refractivity contribution in [1.82, 2.24) is 0 Å². The molecule has 0 radical (unpaired) electrons. The minimum atomic E-state index is -0.217. The van der Waals surface area contributed by atoms with Crippen molar-refractivity contribution in [1.29, 1.82) is 0 Å². The lowest BCUT2D eigenvalue weighted by Crippen LogP contribution is -2.55. The summed E-state index contributed by atoms with van der Waals surface area (Å²) in [4.78, 5) is 41.7. The molecule has 0 aromatic heterocycles. The van der Waals surface area contributed by atoms with Crippen molar-refractivity contribution >= 4 is 23.4 Å². The summed E-state index contributed by atoms with van der Waals surface area (Å²) in [5.41, 5.74) is 1.05. The van der Waals surface area contributed by atoms with Gasteiger partial charge in [-0.1, -0.05) is 27.7 Å². The van der Waals surface area contributed by atoms with Crippen molar-refractivity contribution in [2.24, 2.45) is 57.2 Å². The third kappa shape index (κ3) is 4.58. The number of Topliss-reactive ketones (excluding diaryl/α,β-unsaturated/α-hetero) is 1. The molecular weight excluding hydrogens is 466 g/mol. The van der Waals surface area contributed by atoms with E-state index >= 15 is 0 Å². The smallest absolute Gasteiger partial charge is 0.302 e. The summed E-state index contributed by atoms with van der Waals surface area (Å²) in [5.74, 6) is 2.62. The van der Waals surface area contributed by atoms with Crippen molar-refractivity contribution in [2.45, 2.75) is 112 Å². The Balaban J connectivity index is 1.41. The van der Waals surface area contributed by atoms with Gasteiger partial charge in [0.25, 0.3) is 0 Å². The number of hydrogen-bond acceptors (Lipinski definition) is 6. The Morgan fingerprint density at radius 3 is 2.32 bits per heavy atom. The minimum absolute atomic E-state index is 0.00185. The van der Waals surface area contributed by atoms with Gasteiger partial charge in [0.15, 0.2) is 5.78 Å². The average molecular weight is 514 g/mol. The maximum absolute atomic E-state index is 13.0. The highest BCUT2D eigenvalue weighted by atomic mass is 16.5. The van der Waals surface area contributed by atoms with Crippen LogP contribution < -0.4 is 0 Å². The van der Waals surface area contributed by atoms with E-state index in [1.807, 2.05) is 0 Å². The number of ether oxygens (including phenoxy) is 2. The molecule has 11 atom stereocenters. The second-order valence-corrected chi connectivity index (χ2v) is 13.9. The maximum atomic E-state index is 13.0. The molecule has 0 unspecified atom stereocenters. The van der Waals surface area contributed by atoms with Crippen LogP contribution in [0.2, 0.25) is 0 Å². The first-order valence-corrected chi connectivity index (χ1v) is 14.9. The van der Waals surface area contributed by atoms with Crippen LogP contribution in [0.4, 0.5) is 0 Å². The fraction of sp³-hybridized carbons (Fsp3) is 0.871. The second-order valence-electron chi connectivity index (χ2n) is 13.9. The molecule has 5 rings (SSSR count). The number of hydrogen-bond donors (Lipinski definition) is 0. The number of aliphatic imine (C=N–C) groups is 1. The summed E-state index contributed by atoms with van der Waals surface area (Å²) >= 11 is 0. The molecule has 206 valence electrons. The van der Waals surface area contributed by atoms with Gasteiger partial charge < -0.3 is 9.47 Å². The zero-order valence-corrected chi connectivity index (χ0v) is 23.8. The van der Waals surface area contributed by atoms with E-state index in [1.54, 1.807) is 0 Å². The maximum Gasteiger partial charge on any atom is 0.302 e. The third-order valence-electron chi connectivity index (χ3n) is 11.7. The van der Waals surface area contributed by atoms with Crippen molar-refractivity contribution in [3.8, 4) is 0 Å². The standard InChI is InChI=1S/C31H47NO5/c1-17-13-26(35)29(32-16-17)18(2)28-27(37-20(4)34)15-25-23-8-7-21-14-22(36-19(3)33)9-11-30(21,5)24(23)10-12-31(25,28)6/h17-18,21-25,27-28H,7-16H2,1-6H3/t17-,18-,21-,22-,23+,24-,25-,27+,28-,30-,31-/m0/s1. The summed E-state index contributed by atoms with van der Waals surface area (Å²) in [7, 11) is 0. The lowest BCUT2D eigenvalue weighted by Gasteiger charge is -2.61. The van der Waals surface area contributed by atoms with Crippen LogP contribution in [0.3, 0.4) is 0 Å². The molecule has 6 nitrogen and oxygen atoms in total. The zero-order valence-electron chi connectivity index (χ0n) is 23.8. The molecule has 6 heteroatoms. The van der Waals surface area contributed by atoms with Gasteiger partial charge in [0, 0.05) is 38.6 Å². The third-order valence-corrected chi connectivity index (χ3v) is 11.7. The molecule has 0 saturated heterocycles. The van der Waals surface area contributed by atoms with Gasteiger partial charge in [-0.2, -0.15) is 0 Å². The van der Waals surface area contributed by atoms with E-state index in [0.717, 1.165) is 44.4 Å². The number of rotatable bonds is 4. The Morgan fingerprint density at radius 2 is 1.65 bits per heavy atom. The fourth-order valence-corrected chi connectivity index (χ4v) is 10.2. The van der Waals surface area contributed by atoms with E-state index in [-0.39, 0.29) is 52.6 Å². The normalized spacial score (nSPS) is 46.1. The van der Waals surface area contributed by atoms with E-state index in [9.17, 15) is 14.4 Å². The van der Waals surface area contributed by atoms with Gasteiger partial charge in [0.1, 0.15) is 12.2 Å². The Kier molecular flexibility index (Phi) is 7.11. The number of nitrogens with zero attached hydrogens (tertiary/aromatic N) is 1. The number of esters is 2. The van der Waals surface area contributed by atoms with Gasteiger partial charge in [0.05, 0.1) is 5.71 Å². The number of fused-ring (bicyclic) bond motifs is 5. The van der Waals surface area contributed by atoms with Crippen LogP contribution in [0.15, 0.2) is 4.99 Å². The van der Waals surface area contributed by atoms with E-state index in [4.69, 9.17) is 14.5 Å². The predicted octanol–water partition coefficient (Wildman–Crippen LogP) is 5.80. The Bertz CT molecular complexity index is 975. The second kappa shape index (κ2) is 9.79. The van der Waals surface area contributed by atoms with Crippen LogP contribution in [0, 0.1) is 52.3 Å². The van der Waals surface area contributed by atoms with Crippen LogP contribution in [0.1, 0.15) is 99.3 Å². The van der Waals surface area contributed by atoms with Crippen LogP contribution in [0.25, 0.3) is 0 Å². The number of ketones is 1. The van der Waals surface area contributed by atoms with E-state index in [2.05, 4.69) is 27.7 Å². The topological polar surface area (TPSA) is 82.0 Å². The van der Waals surface area contributed by atoms with Gasteiger partial charge in [-0.3, -0.25) is 19.4 Å². The van der Waals surface area contributed by atoms with Gasteiger partial charge in [0.2, 0.25) is 0 Å². The first-order chi connectivity index (χ1) is 17.4.